The average molecular weight is 298 g/mol. The van der Waals surface area contributed by atoms with E-state index in [0.717, 1.165) is 5.56 Å². The SMILES string of the molecule is O=C(O)c1cccc(CC2COc3cc(O)ccc3C2=O)c1. The van der Waals surface area contributed by atoms with Gasteiger partial charge in [-0.15, -0.1) is 0 Å². The van der Waals surface area contributed by atoms with Crippen LogP contribution < -0.4 is 4.74 Å². The summed E-state index contributed by atoms with van der Waals surface area (Å²) in [5.41, 5.74) is 1.43. The molecule has 0 amide bonds. The van der Waals surface area contributed by atoms with Crippen molar-refractivity contribution in [1.82, 2.24) is 0 Å². The van der Waals surface area contributed by atoms with Crippen molar-refractivity contribution in [3.8, 4) is 11.5 Å². The Morgan fingerprint density at radius 3 is 2.82 bits per heavy atom. The van der Waals surface area contributed by atoms with Gasteiger partial charge in [-0.25, -0.2) is 4.79 Å². The van der Waals surface area contributed by atoms with Crippen molar-refractivity contribution in [2.24, 2.45) is 5.92 Å². The van der Waals surface area contributed by atoms with Gasteiger partial charge in [0, 0.05) is 6.07 Å². The van der Waals surface area contributed by atoms with E-state index in [2.05, 4.69) is 0 Å². The van der Waals surface area contributed by atoms with Crippen LogP contribution in [-0.2, 0) is 6.42 Å². The van der Waals surface area contributed by atoms with Crippen LogP contribution in [0.15, 0.2) is 42.5 Å². The first kappa shape index (κ1) is 14.1. The Balaban J connectivity index is 1.82. The van der Waals surface area contributed by atoms with Crippen LogP contribution in [0.2, 0.25) is 0 Å². The predicted octanol–water partition coefficient (Wildman–Crippen LogP) is 2.52. The minimum absolute atomic E-state index is 0.0537. The monoisotopic (exact) mass is 298 g/mol. The largest absolute Gasteiger partial charge is 0.508 e. The van der Waals surface area contributed by atoms with E-state index in [-0.39, 0.29) is 29.6 Å². The van der Waals surface area contributed by atoms with Crippen molar-refractivity contribution >= 4 is 11.8 Å². The molecule has 1 unspecified atom stereocenters. The number of hydrogen-bond acceptors (Lipinski definition) is 4. The second-order valence-electron chi connectivity index (χ2n) is 5.26. The van der Waals surface area contributed by atoms with Gasteiger partial charge in [0.15, 0.2) is 5.78 Å². The van der Waals surface area contributed by atoms with E-state index in [0.29, 0.717) is 17.7 Å². The molecule has 1 aliphatic rings. The van der Waals surface area contributed by atoms with Gasteiger partial charge in [-0.1, -0.05) is 12.1 Å². The number of carboxylic acids is 1. The molecule has 0 spiro atoms. The van der Waals surface area contributed by atoms with Gasteiger partial charge in [0.1, 0.15) is 11.5 Å². The van der Waals surface area contributed by atoms with Crippen LogP contribution in [0.4, 0.5) is 0 Å². The van der Waals surface area contributed by atoms with Crippen LogP contribution >= 0.6 is 0 Å². The van der Waals surface area contributed by atoms with Crippen LogP contribution in [0.1, 0.15) is 26.3 Å². The molecule has 1 heterocycles. The van der Waals surface area contributed by atoms with Crippen LogP contribution in [-0.4, -0.2) is 28.6 Å². The Morgan fingerprint density at radius 2 is 2.05 bits per heavy atom. The summed E-state index contributed by atoms with van der Waals surface area (Å²) < 4.78 is 5.54. The summed E-state index contributed by atoms with van der Waals surface area (Å²) in [7, 11) is 0. The lowest BCUT2D eigenvalue weighted by Crippen LogP contribution is -2.29. The van der Waals surface area contributed by atoms with E-state index in [1.54, 1.807) is 24.3 Å². The van der Waals surface area contributed by atoms with E-state index in [1.807, 2.05) is 0 Å². The number of carbonyl (C=O) groups is 2. The minimum Gasteiger partial charge on any atom is -0.508 e. The molecule has 5 nitrogen and oxygen atoms in total. The Bertz CT molecular complexity index is 750. The number of hydrogen-bond donors (Lipinski definition) is 2. The molecule has 0 bridgehead atoms. The molecule has 112 valence electrons. The summed E-state index contributed by atoms with van der Waals surface area (Å²) in [6, 6.07) is 11.0. The maximum Gasteiger partial charge on any atom is 0.335 e. The van der Waals surface area contributed by atoms with Crippen molar-refractivity contribution in [2.45, 2.75) is 6.42 Å². The van der Waals surface area contributed by atoms with Crippen molar-refractivity contribution in [1.29, 1.82) is 0 Å². The highest BCUT2D eigenvalue weighted by Crippen LogP contribution is 2.31. The molecule has 0 radical (unpaired) electrons. The number of aromatic hydroxyl groups is 1. The maximum atomic E-state index is 12.5. The Kier molecular flexibility index (Phi) is 3.55. The third-order valence-electron chi connectivity index (χ3n) is 3.70. The van der Waals surface area contributed by atoms with Gasteiger partial charge in [0.25, 0.3) is 0 Å². The van der Waals surface area contributed by atoms with E-state index < -0.39 is 5.97 Å². The van der Waals surface area contributed by atoms with Gasteiger partial charge in [-0.3, -0.25) is 4.79 Å². The van der Waals surface area contributed by atoms with Crippen molar-refractivity contribution < 1.29 is 24.5 Å². The summed E-state index contributed by atoms with van der Waals surface area (Å²) >= 11 is 0. The fourth-order valence-electron chi connectivity index (χ4n) is 2.59. The number of carbonyl (C=O) groups excluding carboxylic acids is 1. The number of benzene rings is 2. The fourth-order valence-corrected chi connectivity index (χ4v) is 2.59. The number of rotatable bonds is 3. The van der Waals surface area contributed by atoms with Crippen molar-refractivity contribution in [3.05, 3.63) is 59.2 Å². The lowest BCUT2D eigenvalue weighted by atomic mass is 9.89. The smallest absolute Gasteiger partial charge is 0.335 e. The molecule has 0 aliphatic carbocycles. The van der Waals surface area contributed by atoms with Crippen molar-refractivity contribution in [2.75, 3.05) is 6.61 Å². The number of Topliss-reactive ketones (excluding diaryl/α,β-unsaturated/α-hetero) is 1. The van der Waals surface area contributed by atoms with E-state index in [1.165, 1.54) is 18.2 Å². The molecule has 2 aromatic carbocycles. The number of carboxylic acid groups (broad SMARTS) is 1. The number of phenolic OH excluding ortho intramolecular Hbond substituents is 1. The van der Waals surface area contributed by atoms with Gasteiger partial charge in [-0.2, -0.15) is 0 Å². The second kappa shape index (κ2) is 5.52. The molecule has 3 rings (SSSR count). The number of fused-ring (bicyclic) bond motifs is 1. The summed E-state index contributed by atoms with van der Waals surface area (Å²) in [4.78, 5) is 23.5. The minimum atomic E-state index is -0.992. The Morgan fingerprint density at radius 1 is 1.23 bits per heavy atom. The van der Waals surface area contributed by atoms with Gasteiger partial charge in [-0.05, 0) is 36.2 Å². The van der Waals surface area contributed by atoms with Gasteiger partial charge >= 0.3 is 5.97 Å². The Hall–Kier alpha value is -2.82. The lowest BCUT2D eigenvalue weighted by molar-refractivity contribution is 0.0696. The molecule has 0 aromatic heterocycles. The first-order valence-corrected chi connectivity index (χ1v) is 6.87. The van der Waals surface area contributed by atoms with Crippen LogP contribution in [0.3, 0.4) is 0 Å². The second-order valence-corrected chi connectivity index (χ2v) is 5.26. The first-order valence-electron chi connectivity index (χ1n) is 6.87. The van der Waals surface area contributed by atoms with E-state index in [9.17, 15) is 14.7 Å². The molecule has 2 N–H and O–H groups in total. The quantitative estimate of drug-likeness (QED) is 0.909. The molecule has 0 fully saturated rings. The van der Waals surface area contributed by atoms with Crippen LogP contribution in [0.25, 0.3) is 0 Å². The molecule has 1 atom stereocenters. The maximum absolute atomic E-state index is 12.5. The summed E-state index contributed by atoms with van der Waals surface area (Å²) in [6.07, 6.45) is 0.417. The number of ketones is 1. The molecule has 22 heavy (non-hydrogen) atoms. The molecular weight excluding hydrogens is 284 g/mol. The molecule has 0 saturated heterocycles. The summed E-state index contributed by atoms with van der Waals surface area (Å²) in [5.74, 6) is -0.961. The lowest BCUT2D eigenvalue weighted by Gasteiger charge is -2.24. The third kappa shape index (κ3) is 2.65. The zero-order valence-corrected chi connectivity index (χ0v) is 11.7. The summed E-state index contributed by atoms with van der Waals surface area (Å²) in [5, 5.41) is 18.4. The van der Waals surface area contributed by atoms with E-state index >= 15 is 0 Å². The zero-order chi connectivity index (χ0) is 15.7. The highest BCUT2D eigenvalue weighted by molar-refractivity contribution is 6.01. The molecule has 1 aliphatic heterocycles. The number of ether oxygens (including phenoxy) is 1. The number of aromatic carboxylic acids is 1. The van der Waals surface area contributed by atoms with Gasteiger partial charge in [0.2, 0.25) is 0 Å². The zero-order valence-electron chi connectivity index (χ0n) is 11.7. The normalized spacial score (nSPS) is 16.7. The highest BCUT2D eigenvalue weighted by Gasteiger charge is 2.29. The Labute approximate surface area is 126 Å². The van der Waals surface area contributed by atoms with Gasteiger partial charge < -0.3 is 14.9 Å². The molecule has 5 heteroatoms. The molecular formula is C17H14O5. The van der Waals surface area contributed by atoms with Gasteiger partial charge in [0.05, 0.1) is 23.7 Å². The number of phenols is 1. The van der Waals surface area contributed by atoms with Crippen molar-refractivity contribution in [3.63, 3.8) is 0 Å². The molecule has 2 aromatic rings. The first-order chi connectivity index (χ1) is 10.5. The molecule has 0 saturated carbocycles. The third-order valence-corrected chi connectivity index (χ3v) is 3.70. The van der Waals surface area contributed by atoms with Crippen LogP contribution in [0, 0.1) is 5.92 Å². The fraction of sp³-hybridized carbons (Fsp3) is 0.176. The van der Waals surface area contributed by atoms with E-state index in [4.69, 9.17) is 9.84 Å². The predicted molar refractivity (Wildman–Crippen MR) is 78.5 cm³/mol. The topological polar surface area (TPSA) is 83.8 Å². The standard InChI is InChI=1S/C17H14O5/c18-13-4-5-14-15(8-13)22-9-12(16(14)19)7-10-2-1-3-11(6-10)17(20)21/h1-6,8,12,18H,7,9H2,(H,20,21). The summed E-state index contributed by atoms with van der Waals surface area (Å²) in [6.45, 7) is 0.215. The average Bonchev–Trinajstić information content (AvgIpc) is 2.50. The highest BCUT2D eigenvalue weighted by atomic mass is 16.5. The van der Waals surface area contributed by atoms with Crippen LogP contribution in [0.5, 0.6) is 11.5 Å².